The Bertz CT molecular complexity index is 353. The third-order valence-electron chi connectivity index (χ3n) is 2.33. The van der Waals surface area contributed by atoms with Gasteiger partial charge < -0.3 is 15.2 Å². The molecular weight excluding hydrogens is 214 g/mol. The van der Waals surface area contributed by atoms with Gasteiger partial charge in [-0.25, -0.2) is 0 Å². The lowest BCUT2D eigenvalue weighted by Crippen LogP contribution is -2.06. The first-order chi connectivity index (χ1) is 7.15. The van der Waals surface area contributed by atoms with Gasteiger partial charge in [-0.2, -0.15) is 0 Å². The molecule has 0 atom stereocenters. The van der Waals surface area contributed by atoms with E-state index in [-0.39, 0.29) is 0 Å². The summed E-state index contributed by atoms with van der Waals surface area (Å²) >= 11 is 6.22. The molecule has 0 bridgehead atoms. The first kappa shape index (κ1) is 12.1. The molecule has 0 saturated carbocycles. The Morgan fingerprint density at radius 1 is 1.33 bits per heavy atom. The second-order valence-electron chi connectivity index (χ2n) is 3.26. The van der Waals surface area contributed by atoms with Crippen LogP contribution in [0.1, 0.15) is 11.1 Å². The van der Waals surface area contributed by atoms with E-state index in [0.29, 0.717) is 23.1 Å². The van der Waals surface area contributed by atoms with Crippen molar-refractivity contribution in [1.82, 2.24) is 0 Å². The van der Waals surface area contributed by atoms with Gasteiger partial charge in [0.2, 0.25) is 0 Å². The van der Waals surface area contributed by atoms with Crippen LogP contribution in [0.3, 0.4) is 0 Å². The summed E-state index contributed by atoms with van der Waals surface area (Å²) in [6.07, 6.45) is 0.741. The van der Waals surface area contributed by atoms with E-state index in [9.17, 15) is 0 Å². The summed E-state index contributed by atoms with van der Waals surface area (Å²) < 4.78 is 10.4. The molecule has 3 nitrogen and oxygen atoms in total. The highest BCUT2D eigenvalue weighted by Gasteiger charge is 2.15. The third-order valence-corrected chi connectivity index (χ3v) is 2.73. The SMILES string of the molecule is COc1cc(C)c(CCN)c(Cl)c1OC. The maximum atomic E-state index is 6.22. The van der Waals surface area contributed by atoms with Crippen molar-refractivity contribution in [2.45, 2.75) is 13.3 Å². The number of hydrogen-bond acceptors (Lipinski definition) is 3. The van der Waals surface area contributed by atoms with E-state index in [1.807, 2.05) is 13.0 Å². The molecule has 0 radical (unpaired) electrons. The highest BCUT2D eigenvalue weighted by molar-refractivity contribution is 6.33. The quantitative estimate of drug-likeness (QED) is 0.861. The maximum Gasteiger partial charge on any atom is 0.179 e. The Morgan fingerprint density at radius 2 is 2.00 bits per heavy atom. The number of hydrogen-bond donors (Lipinski definition) is 1. The number of benzene rings is 1. The van der Waals surface area contributed by atoms with Crippen LogP contribution in [0.25, 0.3) is 0 Å². The number of nitrogens with two attached hydrogens (primary N) is 1. The molecule has 0 fully saturated rings. The van der Waals surface area contributed by atoms with Gasteiger partial charge in [0, 0.05) is 0 Å². The molecule has 0 saturated heterocycles. The normalized spacial score (nSPS) is 10.2. The van der Waals surface area contributed by atoms with Gasteiger partial charge in [-0.15, -0.1) is 0 Å². The lowest BCUT2D eigenvalue weighted by molar-refractivity contribution is 0.354. The molecule has 0 aliphatic rings. The predicted octanol–water partition coefficient (Wildman–Crippen LogP) is 2.17. The van der Waals surface area contributed by atoms with Crippen LogP contribution in [0.4, 0.5) is 0 Å². The summed E-state index contributed by atoms with van der Waals surface area (Å²) in [5.41, 5.74) is 7.63. The van der Waals surface area contributed by atoms with Crippen LogP contribution in [-0.2, 0) is 6.42 Å². The summed E-state index contributed by atoms with van der Waals surface area (Å²) in [6, 6.07) is 1.91. The number of ether oxygens (including phenoxy) is 2. The van der Waals surface area contributed by atoms with E-state index in [2.05, 4.69) is 0 Å². The largest absolute Gasteiger partial charge is 0.493 e. The molecule has 0 aromatic heterocycles. The topological polar surface area (TPSA) is 44.5 Å². The van der Waals surface area contributed by atoms with Gasteiger partial charge in [0.15, 0.2) is 11.5 Å². The van der Waals surface area contributed by atoms with Crippen molar-refractivity contribution in [2.24, 2.45) is 5.73 Å². The number of aryl methyl sites for hydroxylation is 1. The molecule has 0 heterocycles. The molecule has 0 unspecified atom stereocenters. The number of methoxy groups -OCH3 is 2. The monoisotopic (exact) mass is 229 g/mol. The average molecular weight is 230 g/mol. The molecule has 0 aliphatic heterocycles. The minimum Gasteiger partial charge on any atom is -0.493 e. The van der Waals surface area contributed by atoms with Gasteiger partial charge in [0.05, 0.1) is 19.2 Å². The fourth-order valence-corrected chi connectivity index (χ4v) is 1.97. The number of halogens is 1. The minimum atomic E-state index is 0.566. The second-order valence-corrected chi connectivity index (χ2v) is 3.64. The Hall–Kier alpha value is -0.930. The lowest BCUT2D eigenvalue weighted by Gasteiger charge is -2.15. The third kappa shape index (κ3) is 2.36. The van der Waals surface area contributed by atoms with Crippen LogP contribution in [0.5, 0.6) is 11.5 Å². The van der Waals surface area contributed by atoms with Crippen LogP contribution in [0.2, 0.25) is 5.02 Å². The van der Waals surface area contributed by atoms with Crippen LogP contribution in [0.15, 0.2) is 6.07 Å². The highest BCUT2D eigenvalue weighted by Crippen LogP contribution is 2.39. The smallest absolute Gasteiger partial charge is 0.179 e. The van der Waals surface area contributed by atoms with E-state index in [4.69, 9.17) is 26.8 Å². The van der Waals surface area contributed by atoms with Gasteiger partial charge in [-0.05, 0) is 37.1 Å². The molecule has 0 aliphatic carbocycles. The molecule has 0 spiro atoms. The zero-order valence-electron chi connectivity index (χ0n) is 9.26. The molecule has 84 valence electrons. The molecule has 1 rings (SSSR count). The molecule has 0 amide bonds. The van der Waals surface area contributed by atoms with E-state index in [0.717, 1.165) is 17.5 Å². The molecular formula is C11H16ClNO2. The molecule has 4 heteroatoms. The van der Waals surface area contributed by atoms with Gasteiger partial charge in [0.25, 0.3) is 0 Å². The standard InChI is InChI=1S/C11H16ClNO2/c1-7-6-9(14-2)11(15-3)10(12)8(7)4-5-13/h6H,4-5,13H2,1-3H3. The summed E-state index contributed by atoms with van der Waals surface area (Å²) in [7, 11) is 3.17. The van der Waals surface area contributed by atoms with Crippen LogP contribution < -0.4 is 15.2 Å². The fraction of sp³-hybridized carbons (Fsp3) is 0.455. The van der Waals surface area contributed by atoms with Gasteiger partial charge in [-0.1, -0.05) is 11.6 Å². The van der Waals surface area contributed by atoms with Gasteiger partial charge in [0.1, 0.15) is 0 Å². The second kappa shape index (κ2) is 5.24. The average Bonchev–Trinajstić information content (AvgIpc) is 2.23. The van der Waals surface area contributed by atoms with Crippen molar-refractivity contribution < 1.29 is 9.47 Å². The van der Waals surface area contributed by atoms with Crippen molar-refractivity contribution in [1.29, 1.82) is 0 Å². The zero-order chi connectivity index (χ0) is 11.4. The molecule has 1 aromatic rings. The van der Waals surface area contributed by atoms with E-state index in [1.54, 1.807) is 14.2 Å². The Balaban J connectivity index is 3.31. The lowest BCUT2D eigenvalue weighted by atomic mass is 10.0. The summed E-state index contributed by atoms with van der Waals surface area (Å²) in [4.78, 5) is 0. The van der Waals surface area contributed by atoms with Crippen molar-refractivity contribution in [3.63, 3.8) is 0 Å². The van der Waals surface area contributed by atoms with E-state index in [1.165, 1.54) is 0 Å². The summed E-state index contributed by atoms with van der Waals surface area (Å²) in [5.74, 6) is 1.23. The fourth-order valence-electron chi connectivity index (χ4n) is 1.56. The first-order valence-electron chi connectivity index (χ1n) is 4.75. The molecule has 2 N–H and O–H groups in total. The zero-order valence-corrected chi connectivity index (χ0v) is 10.0. The summed E-state index contributed by atoms with van der Waals surface area (Å²) in [5, 5.41) is 0.597. The Morgan fingerprint density at radius 3 is 2.47 bits per heavy atom. The van der Waals surface area contributed by atoms with Crippen LogP contribution in [0, 0.1) is 6.92 Å². The van der Waals surface area contributed by atoms with Gasteiger partial charge in [-0.3, -0.25) is 0 Å². The summed E-state index contributed by atoms with van der Waals surface area (Å²) in [6.45, 7) is 2.55. The van der Waals surface area contributed by atoms with E-state index < -0.39 is 0 Å². The van der Waals surface area contributed by atoms with Gasteiger partial charge >= 0.3 is 0 Å². The van der Waals surface area contributed by atoms with E-state index >= 15 is 0 Å². The Kier molecular flexibility index (Phi) is 4.24. The van der Waals surface area contributed by atoms with Crippen molar-refractivity contribution in [2.75, 3.05) is 20.8 Å². The van der Waals surface area contributed by atoms with Crippen LogP contribution >= 0.6 is 11.6 Å². The molecule has 15 heavy (non-hydrogen) atoms. The van der Waals surface area contributed by atoms with Crippen molar-refractivity contribution in [3.8, 4) is 11.5 Å². The van der Waals surface area contributed by atoms with Crippen LogP contribution in [-0.4, -0.2) is 20.8 Å². The van der Waals surface area contributed by atoms with Crippen molar-refractivity contribution in [3.05, 3.63) is 22.2 Å². The maximum absolute atomic E-state index is 6.22. The first-order valence-corrected chi connectivity index (χ1v) is 5.13. The van der Waals surface area contributed by atoms with Crippen molar-refractivity contribution >= 4 is 11.6 Å². The Labute approximate surface area is 95.1 Å². The number of rotatable bonds is 4. The highest BCUT2D eigenvalue weighted by atomic mass is 35.5. The minimum absolute atomic E-state index is 0.566. The predicted molar refractivity (Wildman–Crippen MR) is 62.1 cm³/mol. The molecule has 1 aromatic carbocycles.